The van der Waals surface area contributed by atoms with Crippen LogP contribution in [0.15, 0.2) is 0 Å². The van der Waals surface area contributed by atoms with Gasteiger partial charge in [-0.15, -0.1) is 0 Å². The maximum atomic E-state index is 6.44. The summed E-state index contributed by atoms with van der Waals surface area (Å²) >= 11 is 2.06. The van der Waals surface area contributed by atoms with Gasteiger partial charge in [-0.05, 0) is 49.7 Å². The predicted octanol–water partition coefficient (Wildman–Crippen LogP) is 2.42. The Morgan fingerprint density at radius 2 is 2.12 bits per heavy atom. The average Bonchev–Trinajstić information content (AvgIpc) is 2.64. The molecule has 3 aliphatic rings. The van der Waals surface area contributed by atoms with Crippen molar-refractivity contribution in [2.24, 2.45) is 17.6 Å². The Labute approximate surface area is 103 Å². The molecule has 92 valence electrons. The number of ether oxygens (including phenoxy) is 1. The van der Waals surface area contributed by atoms with Crippen molar-refractivity contribution >= 4 is 11.8 Å². The van der Waals surface area contributed by atoms with Gasteiger partial charge in [-0.2, -0.15) is 11.8 Å². The molecular formula is C13H23NOS. The molecule has 3 atom stereocenters. The molecule has 1 spiro atoms. The average molecular weight is 241 g/mol. The normalized spacial score (nSPS) is 42.2. The first-order valence-electron chi connectivity index (χ1n) is 6.76. The molecule has 2 heterocycles. The van der Waals surface area contributed by atoms with Crippen LogP contribution in [0.25, 0.3) is 0 Å². The Morgan fingerprint density at radius 1 is 1.25 bits per heavy atom. The molecule has 2 nitrogen and oxygen atoms in total. The van der Waals surface area contributed by atoms with Crippen LogP contribution in [0.2, 0.25) is 0 Å². The first-order valence-corrected chi connectivity index (χ1v) is 7.92. The number of rotatable bonds is 2. The Hall–Kier alpha value is 0.270. The van der Waals surface area contributed by atoms with Crippen LogP contribution in [0.3, 0.4) is 0 Å². The molecule has 3 rings (SSSR count). The standard InChI is InChI=1S/C13H23NOS/c14-12(10-2-1-3-10)11-4-6-15-13(8-11)5-7-16-9-13/h10-12H,1-9,14H2. The summed E-state index contributed by atoms with van der Waals surface area (Å²) in [4.78, 5) is 0. The van der Waals surface area contributed by atoms with Crippen molar-refractivity contribution in [2.45, 2.75) is 50.2 Å². The maximum Gasteiger partial charge on any atom is 0.0783 e. The lowest BCUT2D eigenvalue weighted by Gasteiger charge is -2.43. The first kappa shape index (κ1) is 11.4. The van der Waals surface area contributed by atoms with E-state index in [9.17, 15) is 0 Å². The van der Waals surface area contributed by atoms with Gasteiger partial charge in [0.05, 0.1) is 5.60 Å². The van der Waals surface area contributed by atoms with E-state index < -0.39 is 0 Å². The Bertz CT molecular complexity index is 248. The molecule has 3 heteroatoms. The van der Waals surface area contributed by atoms with Gasteiger partial charge >= 0.3 is 0 Å². The van der Waals surface area contributed by atoms with Gasteiger partial charge in [-0.3, -0.25) is 0 Å². The molecule has 0 radical (unpaired) electrons. The molecule has 0 aromatic rings. The molecule has 0 bridgehead atoms. The fourth-order valence-electron chi connectivity index (χ4n) is 3.47. The maximum absolute atomic E-state index is 6.44. The number of thioether (sulfide) groups is 1. The highest BCUT2D eigenvalue weighted by Gasteiger charge is 2.43. The van der Waals surface area contributed by atoms with Gasteiger partial charge in [0, 0.05) is 18.4 Å². The predicted molar refractivity (Wildman–Crippen MR) is 68.7 cm³/mol. The molecule has 3 unspecified atom stereocenters. The van der Waals surface area contributed by atoms with E-state index in [4.69, 9.17) is 10.5 Å². The lowest BCUT2D eigenvalue weighted by Crippen LogP contribution is -2.49. The third kappa shape index (κ3) is 2.02. The third-order valence-corrected chi connectivity index (χ3v) is 6.06. The monoisotopic (exact) mass is 241 g/mol. The van der Waals surface area contributed by atoms with E-state index in [1.54, 1.807) is 0 Å². The second-order valence-electron chi connectivity index (χ2n) is 5.86. The van der Waals surface area contributed by atoms with E-state index >= 15 is 0 Å². The van der Waals surface area contributed by atoms with Crippen molar-refractivity contribution in [3.05, 3.63) is 0 Å². The topological polar surface area (TPSA) is 35.2 Å². The van der Waals surface area contributed by atoms with Crippen molar-refractivity contribution in [1.82, 2.24) is 0 Å². The quantitative estimate of drug-likeness (QED) is 0.806. The third-order valence-electron chi connectivity index (χ3n) is 4.84. The van der Waals surface area contributed by atoms with Gasteiger partial charge in [0.25, 0.3) is 0 Å². The van der Waals surface area contributed by atoms with E-state index in [-0.39, 0.29) is 5.60 Å². The Balaban J connectivity index is 1.62. The summed E-state index contributed by atoms with van der Waals surface area (Å²) in [6.07, 6.45) is 7.84. The van der Waals surface area contributed by atoms with Crippen molar-refractivity contribution < 1.29 is 4.74 Å². The summed E-state index contributed by atoms with van der Waals surface area (Å²) in [6.45, 7) is 0.950. The SMILES string of the molecule is NC(C1CCC1)C1CCOC2(CCSC2)C1. The minimum absolute atomic E-state index is 0.217. The van der Waals surface area contributed by atoms with Crippen molar-refractivity contribution in [2.75, 3.05) is 18.1 Å². The largest absolute Gasteiger partial charge is 0.374 e. The van der Waals surface area contributed by atoms with E-state index in [0.717, 1.165) is 18.4 Å². The van der Waals surface area contributed by atoms with Crippen LogP contribution in [0.1, 0.15) is 38.5 Å². The zero-order chi connectivity index (χ0) is 11.0. The molecule has 0 aromatic heterocycles. The van der Waals surface area contributed by atoms with Crippen molar-refractivity contribution in [3.63, 3.8) is 0 Å². The fourth-order valence-corrected chi connectivity index (χ4v) is 4.85. The highest BCUT2D eigenvalue weighted by molar-refractivity contribution is 7.99. The summed E-state index contributed by atoms with van der Waals surface area (Å²) in [5.41, 5.74) is 6.66. The molecule has 3 fully saturated rings. The molecule has 2 saturated heterocycles. The Morgan fingerprint density at radius 3 is 2.75 bits per heavy atom. The first-order chi connectivity index (χ1) is 7.79. The van der Waals surface area contributed by atoms with E-state index in [2.05, 4.69) is 11.8 Å². The highest BCUT2D eigenvalue weighted by atomic mass is 32.2. The Kier molecular flexibility index (Phi) is 3.20. The summed E-state index contributed by atoms with van der Waals surface area (Å²) in [6, 6.07) is 0.458. The summed E-state index contributed by atoms with van der Waals surface area (Å²) in [7, 11) is 0. The summed E-state index contributed by atoms with van der Waals surface area (Å²) < 4.78 is 6.06. The molecule has 1 aliphatic carbocycles. The molecular weight excluding hydrogens is 218 g/mol. The van der Waals surface area contributed by atoms with E-state index in [0.29, 0.717) is 6.04 Å². The van der Waals surface area contributed by atoms with Crippen LogP contribution in [-0.2, 0) is 4.74 Å². The van der Waals surface area contributed by atoms with Crippen LogP contribution in [0, 0.1) is 11.8 Å². The fraction of sp³-hybridized carbons (Fsp3) is 1.00. The van der Waals surface area contributed by atoms with Gasteiger partial charge < -0.3 is 10.5 Å². The lowest BCUT2D eigenvalue weighted by molar-refractivity contribution is -0.0878. The van der Waals surface area contributed by atoms with E-state index in [1.165, 1.54) is 50.0 Å². The lowest BCUT2D eigenvalue weighted by atomic mass is 9.71. The minimum atomic E-state index is 0.217. The second-order valence-corrected chi connectivity index (χ2v) is 6.96. The van der Waals surface area contributed by atoms with Crippen LogP contribution in [-0.4, -0.2) is 29.8 Å². The van der Waals surface area contributed by atoms with Crippen LogP contribution >= 0.6 is 11.8 Å². The summed E-state index contributed by atoms with van der Waals surface area (Å²) in [5.74, 6) is 4.05. The molecule has 0 amide bonds. The van der Waals surface area contributed by atoms with Gasteiger partial charge in [0.15, 0.2) is 0 Å². The molecule has 1 saturated carbocycles. The van der Waals surface area contributed by atoms with Gasteiger partial charge in [0.2, 0.25) is 0 Å². The summed E-state index contributed by atoms with van der Waals surface area (Å²) in [5, 5.41) is 0. The second kappa shape index (κ2) is 4.51. The molecule has 2 aliphatic heterocycles. The van der Waals surface area contributed by atoms with Gasteiger partial charge in [0.1, 0.15) is 0 Å². The van der Waals surface area contributed by atoms with Crippen LogP contribution in [0.5, 0.6) is 0 Å². The zero-order valence-corrected chi connectivity index (χ0v) is 10.8. The molecule has 0 aromatic carbocycles. The smallest absolute Gasteiger partial charge is 0.0783 e. The van der Waals surface area contributed by atoms with Crippen molar-refractivity contribution in [1.29, 1.82) is 0 Å². The highest BCUT2D eigenvalue weighted by Crippen LogP contribution is 2.43. The molecule has 2 N–H and O–H groups in total. The molecule has 16 heavy (non-hydrogen) atoms. The number of hydrogen-bond acceptors (Lipinski definition) is 3. The zero-order valence-electron chi connectivity index (χ0n) is 9.99. The number of nitrogens with two attached hydrogens (primary N) is 1. The van der Waals surface area contributed by atoms with Gasteiger partial charge in [-0.25, -0.2) is 0 Å². The minimum Gasteiger partial charge on any atom is -0.374 e. The van der Waals surface area contributed by atoms with Crippen molar-refractivity contribution in [3.8, 4) is 0 Å². The number of hydrogen-bond donors (Lipinski definition) is 1. The van der Waals surface area contributed by atoms with Crippen LogP contribution in [0.4, 0.5) is 0 Å². The van der Waals surface area contributed by atoms with E-state index in [1.807, 2.05) is 0 Å². The van der Waals surface area contributed by atoms with Crippen LogP contribution < -0.4 is 5.73 Å². The van der Waals surface area contributed by atoms with Gasteiger partial charge in [-0.1, -0.05) is 6.42 Å².